The molecule has 2 aromatic carbocycles. The van der Waals surface area contributed by atoms with Crippen LogP contribution in [0.15, 0.2) is 53.0 Å². The fraction of sp³-hybridized carbons (Fsp3) is 0.368. The van der Waals surface area contributed by atoms with E-state index in [1.54, 1.807) is 0 Å². The van der Waals surface area contributed by atoms with Crippen LogP contribution >= 0.6 is 15.9 Å². The van der Waals surface area contributed by atoms with Gasteiger partial charge in [0.1, 0.15) is 0 Å². The second-order valence-corrected chi connectivity index (χ2v) is 6.92. The molecule has 0 spiro atoms. The van der Waals surface area contributed by atoms with E-state index in [0.717, 1.165) is 30.7 Å². The summed E-state index contributed by atoms with van der Waals surface area (Å²) in [5, 5.41) is 3.50. The Hall–Kier alpha value is -1.16. The van der Waals surface area contributed by atoms with Gasteiger partial charge in [0.05, 0.1) is 6.04 Å². The van der Waals surface area contributed by atoms with E-state index in [1.807, 2.05) is 0 Å². The molecule has 1 saturated heterocycles. The van der Waals surface area contributed by atoms with Crippen LogP contribution in [0.1, 0.15) is 29.2 Å². The van der Waals surface area contributed by atoms with Crippen LogP contribution in [-0.4, -0.2) is 31.1 Å². The van der Waals surface area contributed by atoms with Crippen molar-refractivity contribution in [2.75, 3.05) is 26.2 Å². The summed E-state index contributed by atoms with van der Waals surface area (Å²) < 4.78 is 1.14. The fourth-order valence-corrected chi connectivity index (χ4v) is 3.40. The standard InChI is InChI=1S/C19H23BrN2/c1-15-3-5-16(6-4-15)19(17-7-9-18(20)10-8-17)22-13-2-11-21-12-14-22/h3-10,19,21H,2,11-14H2,1H3. The molecule has 0 radical (unpaired) electrons. The van der Waals surface area contributed by atoms with E-state index in [4.69, 9.17) is 0 Å². The van der Waals surface area contributed by atoms with E-state index in [2.05, 4.69) is 81.6 Å². The van der Waals surface area contributed by atoms with Crippen molar-refractivity contribution in [3.63, 3.8) is 0 Å². The molecule has 22 heavy (non-hydrogen) atoms. The fourth-order valence-electron chi connectivity index (χ4n) is 3.13. The number of halogens is 1. The number of hydrogen-bond donors (Lipinski definition) is 1. The Bertz CT molecular complexity index is 538. The van der Waals surface area contributed by atoms with Gasteiger partial charge >= 0.3 is 0 Å². The third-order valence-corrected chi connectivity index (χ3v) is 4.85. The van der Waals surface area contributed by atoms with Gasteiger partial charge in [0.25, 0.3) is 0 Å². The predicted molar refractivity (Wildman–Crippen MR) is 96.2 cm³/mol. The molecule has 3 heteroatoms. The maximum Gasteiger partial charge on any atom is 0.0602 e. The molecule has 1 unspecified atom stereocenters. The molecule has 1 fully saturated rings. The zero-order valence-electron chi connectivity index (χ0n) is 13.1. The Balaban J connectivity index is 1.96. The van der Waals surface area contributed by atoms with Crippen LogP contribution in [0.25, 0.3) is 0 Å². The van der Waals surface area contributed by atoms with E-state index in [9.17, 15) is 0 Å². The van der Waals surface area contributed by atoms with Gasteiger partial charge in [-0.05, 0) is 43.1 Å². The largest absolute Gasteiger partial charge is 0.315 e. The van der Waals surface area contributed by atoms with Crippen molar-refractivity contribution in [3.8, 4) is 0 Å². The summed E-state index contributed by atoms with van der Waals surface area (Å²) in [5.74, 6) is 0. The second-order valence-electron chi connectivity index (χ2n) is 6.00. The summed E-state index contributed by atoms with van der Waals surface area (Å²) in [6.45, 7) is 6.57. The molecule has 0 aromatic heterocycles. The molecule has 1 aliphatic heterocycles. The molecule has 1 N–H and O–H groups in total. The highest BCUT2D eigenvalue weighted by molar-refractivity contribution is 9.10. The smallest absolute Gasteiger partial charge is 0.0602 e. The van der Waals surface area contributed by atoms with E-state index in [0.29, 0.717) is 6.04 Å². The maximum absolute atomic E-state index is 3.55. The van der Waals surface area contributed by atoms with Gasteiger partial charge < -0.3 is 5.32 Å². The van der Waals surface area contributed by atoms with Crippen molar-refractivity contribution >= 4 is 15.9 Å². The topological polar surface area (TPSA) is 15.3 Å². The molecule has 2 nitrogen and oxygen atoms in total. The number of nitrogens with zero attached hydrogens (tertiary/aromatic N) is 1. The Morgan fingerprint density at radius 1 is 0.909 bits per heavy atom. The molecule has 116 valence electrons. The SMILES string of the molecule is Cc1ccc(C(c2ccc(Br)cc2)N2CCCNCC2)cc1. The average Bonchev–Trinajstić information content (AvgIpc) is 2.81. The monoisotopic (exact) mass is 358 g/mol. The summed E-state index contributed by atoms with van der Waals surface area (Å²) in [6, 6.07) is 18.1. The van der Waals surface area contributed by atoms with Gasteiger partial charge in [-0.3, -0.25) is 4.90 Å². The van der Waals surface area contributed by atoms with Gasteiger partial charge in [0.15, 0.2) is 0 Å². The van der Waals surface area contributed by atoms with Crippen LogP contribution < -0.4 is 5.32 Å². The molecule has 0 aliphatic carbocycles. The Morgan fingerprint density at radius 2 is 1.55 bits per heavy atom. The van der Waals surface area contributed by atoms with Crippen molar-refractivity contribution in [1.29, 1.82) is 0 Å². The lowest BCUT2D eigenvalue weighted by molar-refractivity contribution is 0.241. The van der Waals surface area contributed by atoms with Gasteiger partial charge in [-0.1, -0.05) is 57.9 Å². The molecule has 1 atom stereocenters. The lowest BCUT2D eigenvalue weighted by Gasteiger charge is -2.31. The van der Waals surface area contributed by atoms with Crippen molar-refractivity contribution in [2.45, 2.75) is 19.4 Å². The summed E-state index contributed by atoms with van der Waals surface area (Å²) in [4.78, 5) is 2.61. The van der Waals surface area contributed by atoms with Crippen LogP contribution in [0.4, 0.5) is 0 Å². The molecule has 3 rings (SSSR count). The van der Waals surface area contributed by atoms with Crippen molar-refractivity contribution < 1.29 is 0 Å². The minimum absolute atomic E-state index is 0.341. The lowest BCUT2D eigenvalue weighted by atomic mass is 9.96. The highest BCUT2D eigenvalue weighted by Gasteiger charge is 2.23. The molecular weight excluding hydrogens is 336 g/mol. The number of rotatable bonds is 3. The van der Waals surface area contributed by atoms with E-state index in [-0.39, 0.29) is 0 Å². The Labute approximate surface area is 141 Å². The van der Waals surface area contributed by atoms with Crippen LogP contribution in [0.5, 0.6) is 0 Å². The summed E-state index contributed by atoms with van der Waals surface area (Å²) in [5.41, 5.74) is 4.07. The first-order valence-corrected chi connectivity index (χ1v) is 8.80. The first-order chi connectivity index (χ1) is 10.7. The van der Waals surface area contributed by atoms with E-state index >= 15 is 0 Å². The highest BCUT2D eigenvalue weighted by Crippen LogP contribution is 2.30. The summed E-state index contributed by atoms with van der Waals surface area (Å²) in [6.07, 6.45) is 1.21. The summed E-state index contributed by atoms with van der Waals surface area (Å²) in [7, 11) is 0. The minimum atomic E-state index is 0.341. The van der Waals surface area contributed by atoms with E-state index in [1.165, 1.54) is 23.1 Å². The molecule has 0 amide bonds. The quantitative estimate of drug-likeness (QED) is 0.886. The van der Waals surface area contributed by atoms with Crippen LogP contribution in [0.2, 0.25) is 0 Å². The molecule has 0 bridgehead atoms. The highest BCUT2D eigenvalue weighted by atomic mass is 79.9. The number of aryl methyl sites for hydroxylation is 1. The van der Waals surface area contributed by atoms with Crippen molar-refractivity contribution in [1.82, 2.24) is 10.2 Å². The van der Waals surface area contributed by atoms with Gasteiger partial charge in [0, 0.05) is 24.1 Å². The maximum atomic E-state index is 3.55. The molecule has 1 heterocycles. The Kier molecular flexibility index (Phi) is 5.29. The van der Waals surface area contributed by atoms with Gasteiger partial charge in [-0.15, -0.1) is 0 Å². The zero-order valence-corrected chi connectivity index (χ0v) is 14.6. The van der Waals surface area contributed by atoms with Crippen molar-refractivity contribution in [2.24, 2.45) is 0 Å². The molecule has 0 saturated carbocycles. The third-order valence-electron chi connectivity index (χ3n) is 4.32. The van der Waals surface area contributed by atoms with Crippen LogP contribution in [0.3, 0.4) is 0 Å². The molecule has 1 aliphatic rings. The van der Waals surface area contributed by atoms with Crippen LogP contribution in [-0.2, 0) is 0 Å². The lowest BCUT2D eigenvalue weighted by Crippen LogP contribution is -2.33. The zero-order chi connectivity index (χ0) is 15.4. The van der Waals surface area contributed by atoms with Gasteiger partial charge in [-0.2, -0.15) is 0 Å². The second kappa shape index (κ2) is 7.40. The normalized spacial score (nSPS) is 17.9. The minimum Gasteiger partial charge on any atom is -0.315 e. The van der Waals surface area contributed by atoms with Crippen molar-refractivity contribution in [3.05, 3.63) is 69.7 Å². The first kappa shape index (κ1) is 15.7. The summed E-state index contributed by atoms with van der Waals surface area (Å²) >= 11 is 3.55. The number of nitrogens with one attached hydrogen (secondary N) is 1. The first-order valence-electron chi connectivity index (χ1n) is 8.01. The van der Waals surface area contributed by atoms with E-state index < -0.39 is 0 Å². The average molecular weight is 359 g/mol. The molecular formula is C19H23BrN2. The third kappa shape index (κ3) is 3.78. The molecule has 2 aromatic rings. The predicted octanol–water partition coefficient (Wildman–Crippen LogP) is 4.14. The number of hydrogen-bond acceptors (Lipinski definition) is 2. The number of benzene rings is 2. The van der Waals surface area contributed by atoms with Gasteiger partial charge in [0.2, 0.25) is 0 Å². The Morgan fingerprint density at radius 3 is 2.23 bits per heavy atom. The van der Waals surface area contributed by atoms with Crippen LogP contribution in [0, 0.1) is 6.92 Å². The van der Waals surface area contributed by atoms with Gasteiger partial charge in [-0.25, -0.2) is 0 Å².